The second-order valence-corrected chi connectivity index (χ2v) is 6.09. The highest BCUT2D eigenvalue weighted by Crippen LogP contribution is 2.29. The molecule has 1 fully saturated rings. The number of carbonyl (C=O) groups excluding carboxylic acids is 1. The lowest BCUT2D eigenvalue weighted by Crippen LogP contribution is -2.51. The minimum atomic E-state index is 0.0519. The summed E-state index contributed by atoms with van der Waals surface area (Å²) in [5.41, 5.74) is 6.50. The Morgan fingerprint density at radius 3 is 2.85 bits per heavy atom. The summed E-state index contributed by atoms with van der Waals surface area (Å²) in [6, 6.07) is 5.82. The number of carbonyl (C=O) groups is 1. The standard InChI is InChI=1S/C15H21BrN2O2/c1-10-4-3-5-12(9-17)18(10)15(19)11-6-7-14(20-2)13(16)8-11/h6-8,10,12H,3-5,9,17H2,1-2H3. The van der Waals surface area contributed by atoms with Gasteiger partial charge in [0, 0.05) is 24.2 Å². The van der Waals surface area contributed by atoms with Crippen LogP contribution in [0.3, 0.4) is 0 Å². The minimum Gasteiger partial charge on any atom is -0.496 e. The third-order valence-electron chi connectivity index (χ3n) is 3.93. The van der Waals surface area contributed by atoms with Crippen LogP contribution in [0.1, 0.15) is 36.5 Å². The molecule has 1 aromatic rings. The van der Waals surface area contributed by atoms with Crippen LogP contribution >= 0.6 is 15.9 Å². The molecule has 20 heavy (non-hydrogen) atoms. The molecule has 1 heterocycles. The Balaban J connectivity index is 2.26. The van der Waals surface area contributed by atoms with Crippen LogP contribution in [0.2, 0.25) is 0 Å². The van der Waals surface area contributed by atoms with Crippen molar-refractivity contribution in [3.63, 3.8) is 0 Å². The molecule has 5 heteroatoms. The van der Waals surface area contributed by atoms with E-state index in [1.54, 1.807) is 13.2 Å². The van der Waals surface area contributed by atoms with Gasteiger partial charge in [0.2, 0.25) is 0 Å². The van der Waals surface area contributed by atoms with Gasteiger partial charge in [-0.25, -0.2) is 0 Å². The maximum Gasteiger partial charge on any atom is 0.254 e. The van der Waals surface area contributed by atoms with Crippen molar-refractivity contribution in [3.8, 4) is 5.75 Å². The van der Waals surface area contributed by atoms with E-state index in [9.17, 15) is 4.79 Å². The van der Waals surface area contributed by atoms with Gasteiger partial charge in [0.05, 0.1) is 11.6 Å². The summed E-state index contributed by atoms with van der Waals surface area (Å²) < 4.78 is 5.99. The minimum absolute atomic E-state index is 0.0519. The second kappa shape index (κ2) is 6.59. The number of halogens is 1. The highest BCUT2D eigenvalue weighted by Gasteiger charge is 2.31. The lowest BCUT2D eigenvalue weighted by atomic mass is 9.95. The molecule has 2 atom stereocenters. The molecule has 0 aromatic heterocycles. The van der Waals surface area contributed by atoms with Gasteiger partial charge in [-0.2, -0.15) is 0 Å². The molecule has 1 saturated heterocycles. The normalized spacial score (nSPS) is 22.7. The van der Waals surface area contributed by atoms with Crippen LogP contribution in [-0.4, -0.2) is 36.5 Å². The molecule has 1 aromatic carbocycles. The van der Waals surface area contributed by atoms with Gasteiger partial charge in [-0.3, -0.25) is 4.79 Å². The van der Waals surface area contributed by atoms with Gasteiger partial charge in [-0.1, -0.05) is 0 Å². The van der Waals surface area contributed by atoms with E-state index >= 15 is 0 Å². The third kappa shape index (κ3) is 2.99. The molecule has 2 rings (SSSR count). The Kier molecular flexibility index (Phi) is 5.05. The molecule has 0 aliphatic carbocycles. The first-order valence-corrected chi connectivity index (χ1v) is 7.74. The smallest absolute Gasteiger partial charge is 0.254 e. The summed E-state index contributed by atoms with van der Waals surface area (Å²) >= 11 is 3.43. The maximum atomic E-state index is 12.7. The van der Waals surface area contributed by atoms with E-state index in [-0.39, 0.29) is 18.0 Å². The summed E-state index contributed by atoms with van der Waals surface area (Å²) in [6.07, 6.45) is 3.17. The van der Waals surface area contributed by atoms with Crippen molar-refractivity contribution < 1.29 is 9.53 Å². The second-order valence-electron chi connectivity index (χ2n) is 5.23. The number of amides is 1. The van der Waals surface area contributed by atoms with Crippen molar-refractivity contribution in [2.75, 3.05) is 13.7 Å². The number of hydrogen-bond donors (Lipinski definition) is 1. The molecule has 0 bridgehead atoms. The summed E-state index contributed by atoms with van der Waals surface area (Å²) in [6.45, 7) is 2.62. The number of rotatable bonds is 3. The van der Waals surface area contributed by atoms with Crippen LogP contribution in [-0.2, 0) is 0 Å². The third-order valence-corrected chi connectivity index (χ3v) is 4.55. The number of hydrogen-bond acceptors (Lipinski definition) is 3. The Labute approximate surface area is 128 Å². The van der Waals surface area contributed by atoms with Gasteiger partial charge in [-0.05, 0) is 60.3 Å². The molecule has 4 nitrogen and oxygen atoms in total. The monoisotopic (exact) mass is 340 g/mol. The number of nitrogens with two attached hydrogens (primary N) is 1. The fraction of sp³-hybridized carbons (Fsp3) is 0.533. The van der Waals surface area contributed by atoms with E-state index in [2.05, 4.69) is 22.9 Å². The molecule has 2 N–H and O–H groups in total. The SMILES string of the molecule is COc1ccc(C(=O)N2C(C)CCCC2CN)cc1Br. The average molecular weight is 341 g/mol. The predicted octanol–water partition coefficient (Wildman–Crippen LogP) is 2.80. The fourth-order valence-corrected chi connectivity index (χ4v) is 3.37. The number of ether oxygens (including phenoxy) is 1. The Bertz CT molecular complexity index is 493. The number of nitrogens with zero attached hydrogens (tertiary/aromatic N) is 1. The largest absolute Gasteiger partial charge is 0.496 e. The molecule has 0 saturated carbocycles. The zero-order valence-electron chi connectivity index (χ0n) is 11.9. The molecule has 1 aliphatic rings. The van der Waals surface area contributed by atoms with Crippen LogP contribution in [0, 0.1) is 0 Å². The molecule has 0 spiro atoms. The fourth-order valence-electron chi connectivity index (χ4n) is 2.83. The summed E-state index contributed by atoms with van der Waals surface area (Å²) in [4.78, 5) is 14.7. The van der Waals surface area contributed by atoms with E-state index in [0.29, 0.717) is 12.1 Å². The van der Waals surface area contributed by atoms with Gasteiger partial charge in [-0.15, -0.1) is 0 Å². The Morgan fingerprint density at radius 1 is 1.50 bits per heavy atom. The number of benzene rings is 1. The van der Waals surface area contributed by atoms with E-state index < -0.39 is 0 Å². The first kappa shape index (κ1) is 15.3. The number of methoxy groups -OCH3 is 1. The van der Waals surface area contributed by atoms with E-state index in [0.717, 1.165) is 29.5 Å². The quantitative estimate of drug-likeness (QED) is 0.920. The highest BCUT2D eigenvalue weighted by molar-refractivity contribution is 9.10. The molecule has 2 unspecified atom stereocenters. The number of likely N-dealkylation sites (tertiary alicyclic amines) is 1. The van der Waals surface area contributed by atoms with Crippen molar-refractivity contribution >= 4 is 21.8 Å². The van der Waals surface area contributed by atoms with Gasteiger partial charge < -0.3 is 15.4 Å². The van der Waals surface area contributed by atoms with Crippen LogP contribution in [0.5, 0.6) is 5.75 Å². The van der Waals surface area contributed by atoms with Crippen molar-refractivity contribution in [1.82, 2.24) is 4.90 Å². The molecular weight excluding hydrogens is 320 g/mol. The average Bonchev–Trinajstić information content (AvgIpc) is 2.46. The van der Waals surface area contributed by atoms with Gasteiger partial charge in [0.1, 0.15) is 5.75 Å². The maximum absolute atomic E-state index is 12.7. The Hall–Kier alpha value is -1.07. The van der Waals surface area contributed by atoms with Gasteiger partial charge in [0.15, 0.2) is 0 Å². The van der Waals surface area contributed by atoms with Crippen molar-refractivity contribution in [2.45, 2.75) is 38.3 Å². The predicted molar refractivity (Wildman–Crippen MR) is 83.0 cm³/mol. The zero-order chi connectivity index (χ0) is 14.7. The number of piperidine rings is 1. The van der Waals surface area contributed by atoms with Gasteiger partial charge in [0.25, 0.3) is 5.91 Å². The highest BCUT2D eigenvalue weighted by atomic mass is 79.9. The van der Waals surface area contributed by atoms with Crippen molar-refractivity contribution in [1.29, 1.82) is 0 Å². The molecule has 1 aliphatic heterocycles. The topological polar surface area (TPSA) is 55.6 Å². The molecular formula is C15H21BrN2O2. The first-order chi connectivity index (χ1) is 9.58. The van der Waals surface area contributed by atoms with Crippen molar-refractivity contribution in [3.05, 3.63) is 28.2 Å². The van der Waals surface area contributed by atoms with Crippen molar-refractivity contribution in [2.24, 2.45) is 5.73 Å². The lowest BCUT2D eigenvalue weighted by molar-refractivity contribution is 0.0494. The van der Waals surface area contributed by atoms with Crippen LogP contribution in [0.25, 0.3) is 0 Å². The summed E-state index contributed by atoms with van der Waals surface area (Å²) in [5.74, 6) is 0.777. The molecule has 1 amide bonds. The summed E-state index contributed by atoms with van der Waals surface area (Å²) in [7, 11) is 1.61. The van der Waals surface area contributed by atoms with Crippen LogP contribution in [0.4, 0.5) is 0 Å². The molecule has 0 radical (unpaired) electrons. The van der Waals surface area contributed by atoms with Crippen LogP contribution in [0.15, 0.2) is 22.7 Å². The van der Waals surface area contributed by atoms with E-state index in [1.165, 1.54) is 0 Å². The molecule has 110 valence electrons. The van der Waals surface area contributed by atoms with Gasteiger partial charge >= 0.3 is 0 Å². The first-order valence-electron chi connectivity index (χ1n) is 6.94. The Morgan fingerprint density at radius 2 is 2.25 bits per heavy atom. The summed E-state index contributed by atoms with van der Waals surface area (Å²) in [5, 5.41) is 0. The zero-order valence-corrected chi connectivity index (χ0v) is 13.5. The van der Waals surface area contributed by atoms with E-state index in [4.69, 9.17) is 10.5 Å². The lowest BCUT2D eigenvalue weighted by Gasteiger charge is -2.40. The van der Waals surface area contributed by atoms with E-state index in [1.807, 2.05) is 17.0 Å². The van der Waals surface area contributed by atoms with Crippen LogP contribution < -0.4 is 10.5 Å².